The number of nitrogens with zero attached hydrogens (tertiary/aromatic N) is 2. The van der Waals surface area contributed by atoms with E-state index in [4.69, 9.17) is 9.47 Å². The lowest BCUT2D eigenvalue weighted by molar-refractivity contribution is 0.0469. The minimum Gasteiger partial charge on any atom is -0.457 e. The summed E-state index contributed by atoms with van der Waals surface area (Å²) in [4.78, 5) is 16.7. The number of aromatic nitrogens is 1. The van der Waals surface area contributed by atoms with Crippen LogP contribution in [0.2, 0.25) is 0 Å². The van der Waals surface area contributed by atoms with Gasteiger partial charge in [-0.25, -0.2) is 17.5 Å². The maximum atomic E-state index is 12.6. The molecule has 1 aromatic heterocycles. The molecule has 0 amide bonds. The van der Waals surface area contributed by atoms with Crippen LogP contribution in [0, 0.1) is 0 Å². The van der Waals surface area contributed by atoms with Crippen molar-refractivity contribution in [1.82, 2.24) is 9.29 Å². The van der Waals surface area contributed by atoms with Gasteiger partial charge in [0.25, 0.3) is 0 Å². The molecule has 0 fully saturated rings. The average molecular weight is 412 g/mol. The molecule has 0 radical (unpaired) electrons. The molecule has 150 valence electrons. The summed E-state index contributed by atoms with van der Waals surface area (Å²) in [6.07, 6.45) is 3.16. The Morgan fingerprint density at radius 1 is 1.03 bits per heavy atom. The van der Waals surface area contributed by atoms with Gasteiger partial charge >= 0.3 is 5.97 Å². The molecular formula is C21H20N2O5S. The van der Waals surface area contributed by atoms with Crippen LogP contribution in [0.5, 0.6) is 11.5 Å². The van der Waals surface area contributed by atoms with Crippen LogP contribution >= 0.6 is 0 Å². The Balaban J connectivity index is 1.74. The van der Waals surface area contributed by atoms with Crippen molar-refractivity contribution in [2.24, 2.45) is 0 Å². The second kappa shape index (κ2) is 8.85. The molecule has 1 heterocycles. The molecule has 0 N–H and O–H groups in total. The van der Waals surface area contributed by atoms with Gasteiger partial charge in [-0.1, -0.05) is 24.3 Å². The number of carbonyl (C=O) groups excluding carboxylic acids is 1. The zero-order valence-electron chi connectivity index (χ0n) is 16.0. The number of hydrogen-bond donors (Lipinski definition) is 0. The van der Waals surface area contributed by atoms with Crippen molar-refractivity contribution in [3.05, 3.63) is 84.2 Å². The van der Waals surface area contributed by atoms with Gasteiger partial charge in [0.05, 0.1) is 11.1 Å². The van der Waals surface area contributed by atoms with E-state index in [1.54, 1.807) is 60.9 Å². The maximum Gasteiger partial charge on any atom is 0.342 e. The van der Waals surface area contributed by atoms with Gasteiger partial charge in [-0.2, -0.15) is 0 Å². The Labute approximate surface area is 169 Å². The van der Waals surface area contributed by atoms with Gasteiger partial charge in [0, 0.05) is 20.3 Å². The highest BCUT2D eigenvalue weighted by atomic mass is 32.2. The summed E-state index contributed by atoms with van der Waals surface area (Å²) in [6.45, 7) is -0.0726. The zero-order valence-corrected chi connectivity index (χ0v) is 16.8. The molecular weight excluding hydrogens is 392 g/mol. The lowest BCUT2D eigenvalue weighted by Gasteiger charge is -2.13. The number of ether oxygens (including phenoxy) is 2. The highest BCUT2D eigenvalue weighted by molar-refractivity contribution is 7.89. The van der Waals surface area contributed by atoms with E-state index in [0.717, 1.165) is 4.31 Å². The van der Waals surface area contributed by atoms with Crippen LogP contribution in [0.4, 0.5) is 0 Å². The van der Waals surface area contributed by atoms with Crippen LogP contribution in [0.3, 0.4) is 0 Å². The molecule has 3 rings (SSSR count). The van der Waals surface area contributed by atoms with E-state index >= 15 is 0 Å². The summed E-state index contributed by atoms with van der Waals surface area (Å²) < 4.78 is 36.7. The van der Waals surface area contributed by atoms with Gasteiger partial charge in [0.15, 0.2) is 0 Å². The molecule has 0 saturated carbocycles. The Bertz CT molecular complexity index is 1100. The Kier molecular flexibility index (Phi) is 6.26. The first-order valence-electron chi connectivity index (χ1n) is 8.73. The topological polar surface area (TPSA) is 85.8 Å². The predicted octanol–water partition coefficient (Wildman–Crippen LogP) is 3.48. The molecule has 0 aliphatic heterocycles. The number of carbonyl (C=O) groups is 1. The monoisotopic (exact) mass is 412 g/mol. The van der Waals surface area contributed by atoms with Crippen molar-refractivity contribution < 1.29 is 22.7 Å². The predicted molar refractivity (Wildman–Crippen MR) is 107 cm³/mol. The Hall–Kier alpha value is -3.23. The third-order valence-corrected chi connectivity index (χ3v) is 5.83. The normalized spacial score (nSPS) is 11.3. The molecule has 0 bridgehead atoms. The molecule has 0 spiro atoms. The van der Waals surface area contributed by atoms with E-state index in [2.05, 4.69) is 4.98 Å². The minimum absolute atomic E-state index is 0.0726. The number of rotatable bonds is 7. The van der Waals surface area contributed by atoms with Crippen molar-refractivity contribution in [3.8, 4) is 11.5 Å². The van der Waals surface area contributed by atoms with Crippen LogP contribution in [0.15, 0.2) is 78.0 Å². The van der Waals surface area contributed by atoms with E-state index in [9.17, 15) is 13.2 Å². The summed E-state index contributed by atoms with van der Waals surface area (Å²) in [7, 11) is -0.645. The summed E-state index contributed by atoms with van der Waals surface area (Å²) in [6, 6.07) is 16.5. The van der Waals surface area contributed by atoms with E-state index in [-0.39, 0.29) is 17.1 Å². The smallest absolute Gasteiger partial charge is 0.342 e. The Morgan fingerprint density at radius 2 is 1.83 bits per heavy atom. The number of esters is 1. The number of benzene rings is 2. The van der Waals surface area contributed by atoms with E-state index in [1.165, 1.54) is 26.2 Å². The minimum atomic E-state index is -3.56. The first-order valence-corrected chi connectivity index (χ1v) is 10.2. The molecule has 8 heteroatoms. The van der Waals surface area contributed by atoms with Crippen LogP contribution < -0.4 is 4.74 Å². The largest absolute Gasteiger partial charge is 0.457 e. The van der Waals surface area contributed by atoms with Crippen molar-refractivity contribution in [2.75, 3.05) is 14.1 Å². The molecule has 3 aromatic rings. The zero-order chi connectivity index (χ0) is 20.9. The van der Waals surface area contributed by atoms with Crippen LogP contribution in [0.1, 0.15) is 15.9 Å². The molecule has 7 nitrogen and oxygen atoms in total. The molecule has 0 unspecified atom stereocenters. The second-order valence-electron chi connectivity index (χ2n) is 6.30. The first kappa shape index (κ1) is 20.5. The quantitative estimate of drug-likeness (QED) is 0.552. The van der Waals surface area contributed by atoms with Crippen LogP contribution in [0.25, 0.3) is 0 Å². The fourth-order valence-corrected chi connectivity index (χ4v) is 3.46. The van der Waals surface area contributed by atoms with Crippen molar-refractivity contribution in [3.63, 3.8) is 0 Å². The number of pyridine rings is 1. The lowest BCUT2D eigenvalue weighted by Crippen LogP contribution is -2.22. The van der Waals surface area contributed by atoms with Crippen LogP contribution in [-0.2, 0) is 21.4 Å². The fraction of sp³-hybridized carbons (Fsp3) is 0.143. The van der Waals surface area contributed by atoms with E-state index in [0.29, 0.717) is 17.1 Å². The van der Waals surface area contributed by atoms with Crippen molar-refractivity contribution >= 4 is 16.0 Å². The first-order chi connectivity index (χ1) is 13.9. The van der Waals surface area contributed by atoms with Gasteiger partial charge in [0.1, 0.15) is 23.7 Å². The summed E-state index contributed by atoms with van der Waals surface area (Å²) in [5.41, 5.74) is 0.820. The molecule has 29 heavy (non-hydrogen) atoms. The maximum absolute atomic E-state index is 12.6. The summed E-state index contributed by atoms with van der Waals surface area (Å²) in [5, 5.41) is 0. The highest BCUT2D eigenvalue weighted by Gasteiger charge is 2.18. The van der Waals surface area contributed by atoms with Gasteiger partial charge in [-0.3, -0.25) is 4.98 Å². The van der Waals surface area contributed by atoms with Gasteiger partial charge in [-0.15, -0.1) is 0 Å². The lowest BCUT2D eigenvalue weighted by atomic mass is 10.2. The summed E-state index contributed by atoms with van der Waals surface area (Å²) >= 11 is 0. The van der Waals surface area contributed by atoms with Crippen LogP contribution in [-0.4, -0.2) is 37.8 Å². The number of sulfonamides is 1. The molecule has 2 aromatic carbocycles. The van der Waals surface area contributed by atoms with Gasteiger partial charge in [-0.05, 0) is 42.0 Å². The van der Waals surface area contributed by atoms with Crippen molar-refractivity contribution in [1.29, 1.82) is 0 Å². The third kappa shape index (κ3) is 4.98. The average Bonchev–Trinajstić information content (AvgIpc) is 2.73. The molecule has 0 aliphatic rings. The standard InChI is InChI=1S/C21H20N2O5S/c1-23(2)29(25,26)18-9-5-7-16(13-18)15-27-21(24)19-10-3-4-11-20(19)28-17-8-6-12-22-14-17/h3-14H,15H2,1-2H3. The molecule has 0 atom stereocenters. The third-order valence-electron chi connectivity index (χ3n) is 4.02. The number of hydrogen-bond acceptors (Lipinski definition) is 6. The highest BCUT2D eigenvalue weighted by Crippen LogP contribution is 2.25. The van der Waals surface area contributed by atoms with Gasteiger partial charge < -0.3 is 9.47 Å². The van der Waals surface area contributed by atoms with Crippen molar-refractivity contribution in [2.45, 2.75) is 11.5 Å². The fourth-order valence-electron chi connectivity index (χ4n) is 2.49. The summed E-state index contributed by atoms with van der Waals surface area (Å²) in [5.74, 6) is 0.258. The van der Waals surface area contributed by atoms with E-state index < -0.39 is 16.0 Å². The van der Waals surface area contributed by atoms with E-state index in [1.807, 2.05) is 0 Å². The number of para-hydroxylation sites is 1. The molecule has 0 saturated heterocycles. The Morgan fingerprint density at radius 3 is 2.55 bits per heavy atom. The van der Waals surface area contributed by atoms with Gasteiger partial charge in [0.2, 0.25) is 10.0 Å². The SMILES string of the molecule is CN(C)S(=O)(=O)c1cccc(COC(=O)c2ccccc2Oc2cccnc2)c1. The molecule has 0 aliphatic carbocycles. The second-order valence-corrected chi connectivity index (χ2v) is 8.45.